The summed E-state index contributed by atoms with van der Waals surface area (Å²) in [6.07, 6.45) is 1.08. The standard InChI is InChI=1S/C12H16FN3S/c1-16-5-4-9(7-16)15-8-2-3-10(12(14)17)11(13)6-8/h2-3,6,9,15H,4-5,7H2,1H3,(H2,14,17). The molecule has 5 heteroatoms. The van der Waals surface area contributed by atoms with Crippen molar-refractivity contribution < 1.29 is 4.39 Å². The van der Waals surface area contributed by atoms with Crippen molar-refractivity contribution in [1.82, 2.24) is 4.90 Å². The highest BCUT2D eigenvalue weighted by Crippen LogP contribution is 2.18. The predicted octanol–water partition coefficient (Wildman–Crippen LogP) is 1.58. The molecule has 17 heavy (non-hydrogen) atoms. The number of thiocarbonyl (C=S) groups is 1. The van der Waals surface area contributed by atoms with Crippen molar-refractivity contribution in [3.05, 3.63) is 29.6 Å². The van der Waals surface area contributed by atoms with Crippen molar-refractivity contribution in [2.45, 2.75) is 12.5 Å². The molecular formula is C12H16FN3S. The number of nitrogens with two attached hydrogens (primary N) is 1. The number of nitrogens with zero attached hydrogens (tertiary/aromatic N) is 1. The third-order valence-corrected chi connectivity index (χ3v) is 3.22. The summed E-state index contributed by atoms with van der Waals surface area (Å²) in [7, 11) is 2.08. The van der Waals surface area contributed by atoms with Gasteiger partial charge in [-0.25, -0.2) is 4.39 Å². The molecule has 2 rings (SSSR count). The number of rotatable bonds is 3. The summed E-state index contributed by atoms with van der Waals surface area (Å²) >= 11 is 4.76. The number of hydrogen-bond donors (Lipinski definition) is 2. The van der Waals surface area contributed by atoms with Crippen molar-refractivity contribution in [2.75, 3.05) is 25.5 Å². The van der Waals surface area contributed by atoms with Gasteiger partial charge < -0.3 is 16.0 Å². The molecule has 1 aliphatic rings. The van der Waals surface area contributed by atoms with Crippen LogP contribution in [-0.2, 0) is 0 Å². The topological polar surface area (TPSA) is 41.3 Å². The van der Waals surface area contributed by atoms with Gasteiger partial charge in [0.2, 0.25) is 0 Å². The fraction of sp³-hybridized carbons (Fsp3) is 0.417. The lowest BCUT2D eigenvalue weighted by molar-refractivity contribution is 0.414. The first-order chi connectivity index (χ1) is 8.06. The van der Waals surface area contributed by atoms with Crippen LogP contribution in [0.3, 0.4) is 0 Å². The maximum absolute atomic E-state index is 13.6. The molecule has 0 aromatic heterocycles. The second kappa shape index (κ2) is 4.98. The Kier molecular flexibility index (Phi) is 3.59. The van der Waals surface area contributed by atoms with E-state index in [-0.39, 0.29) is 10.8 Å². The van der Waals surface area contributed by atoms with Gasteiger partial charge in [0.05, 0.1) is 0 Å². The highest BCUT2D eigenvalue weighted by atomic mass is 32.1. The molecular weight excluding hydrogens is 237 g/mol. The molecule has 1 atom stereocenters. The van der Waals surface area contributed by atoms with E-state index in [9.17, 15) is 4.39 Å². The van der Waals surface area contributed by atoms with Gasteiger partial charge in [0.25, 0.3) is 0 Å². The summed E-state index contributed by atoms with van der Waals surface area (Å²) in [5.41, 5.74) is 6.49. The monoisotopic (exact) mass is 253 g/mol. The summed E-state index contributed by atoms with van der Waals surface area (Å²) in [6.45, 7) is 2.06. The molecule has 1 aromatic carbocycles. The van der Waals surface area contributed by atoms with E-state index in [0.29, 0.717) is 11.6 Å². The van der Waals surface area contributed by atoms with E-state index in [2.05, 4.69) is 17.3 Å². The fourth-order valence-corrected chi connectivity index (χ4v) is 2.26. The second-order valence-electron chi connectivity index (χ2n) is 4.45. The lowest BCUT2D eigenvalue weighted by Crippen LogP contribution is -2.23. The lowest BCUT2D eigenvalue weighted by Gasteiger charge is -2.14. The smallest absolute Gasteiger partial charge is 0.135 e. The van der Waals surface area contributed by atoms with Crippen LogP contribution >= 0.6 is 12.2 Å². The average Bonchev–Trinajstić information content (AvgIpc) is 2.63. The molecule has 1 unspecified atom stereocenters. The van der Waals surface area contributed by atoms with E-state index in [1.807, 2.05) is 6.07 Å². The van der Waals surface area contributed by atoms with Crippen LogP contribution in [0.5, 0.6) is 0 Å². The van der Waals surface area contributed by atoms with Crippen LogP contribution in [0.4, 0.5) is 10.1 Å². The molecule has 0 amide bonds. The molecule has 0 saturated carbocycles. The minimum atomic E-state index is -0.367. The number of likely N-dealkylation sites (N-methyl/N-ethyl adjacent to an activating group) is 1. The zero-order valence-corrected chi connectivity index (χ0v) is 10.6. The first kappa shape index (κ1) is 12.3. The van der Waals surface area contributed by atoms with Gasteiger partial charge in [0, 0.05) is 23.8 Å². The normalized spacial score (nSPS) is 20.5. The molecule has 1 aromatic rings. The largest absolute Gasteiger partial charge is 0.389 e. The molecule has 0 aliphatic carbocycles. The number of benzene rings is 1. The number of anilines is 1. The Labute approximate surface area is 106 Å². The Bertz CT molecular complexity index is 436. The summed E-state index contributed by atoms with van der Waals surface area (Å²) in [6, 6.07) is 5.27. The molecule has 0 radical (unpaired) electrons. The zero-order valence-electron chi connectivity index (χ0n) is 9.74. The minimum absolute atomic E-state index is 0.0923. The van der Waals surface area contributed by atoms with Gasteiger partial charge in [-0.3, -0.25) is 0 Å². The first-order valence-corrected chi connectivity index (χ1v) is 6.01. The molecule has 1 heterocycles. The van der Waals surface area contributed by atoms with Crippen LogP contribution in [0, 0.1) is 5.82 Å². The van der Waals surface area contributed by atoms with Crippen LogP contribution in [0.25, 0.3) is 0 Å². The molecule has 1 fully saturated rings. The van der Waals surface area contributed by atoms with Crippen LogP contribution in [0.2, 0.25) is 0 Å². The first-order valence-electron chi connectivity index (χ1n) is 5.60. The molecule has 3 nitrogen and oxygen atoms in total. The number of likely N-dealkylation sites (tertiary alicyclic amines) is 1. The fourth-order valence-electron chi connectivity index (χ4n) is 2.09. The van der Waals surface area contributed by atoms with Crippen molar-refractivity contribution >= 4 is 22.9 Å². The highest BCUT2D eigenvalue weighted by Gasteiger charge is 2.19. The number of nitrogens with one attached hydrogen (secondary N) is 1. The van der Waals surface area contributed by atoms with Gasteiger partial charge >= 0.3 is 0 Å². The summed E-state index contributed by atoms with van der Waals surface area (Å²) in [5.74, 6) is -0.367. The maximum Gasteiger partial charge on any atom is 0.135 e. The van der Waals surface area contributed by atoms with Crippen molar-refractivity contribution in [3.63, 3.8) is 0 Å². The SMILES string of the molecule is CN1CCC(Nc2ccc(C(N)=S)c(F)c2)C1. The van der Waals surface area contributed by atoms with Crippen LogP contribution in [-0.4, -0.2) is 36.1 Å². The van der Waals surface area contributed by atoms with Crippen molar-refractivity contribution in [2.24, 2.45) is 5.73 Å². The summed E-state index contributed by atoms with van der Waals surface area (Å²) < 4.78 is 13.6. The molecule has 0 bridgehead atoms. The average molecular weight is 253 g/mol. The highest BCUT2D eigenvalue weighted by molar-refractivity contribution is 7.80. The van der Waals surface area contributed by atoms with Crippen molar-refractivity contribution in [3.8, 4) is 0 Å². The molecule has 0 spiro atoms. The summed E-state index contributed by atoms with van der Waals surface area (Å²) in [4.78, 5) is 2.34. The Balaban J connectivity index is 2.07. The quantitative estimate of drug-likeness (QED) is 0.803. The van der Waals surface area contributed by atoms with Gasteiger partial charge in [-0.2, -0.15) is 0 Å². The van der Waals surface area contributed by atoms with E-state index >= 15 is 0 Å². The zero-order chi connectivity index (χ0) is 12.4. The number of hydrogen-bond acceptors (Lipinski definition) is 3. The Morgan fingerprint density at radius 3 is 2.88 bits per heavy atom. The van der Waals surface area contributed by atoms with Gasteiger partial charge in [0.1, 0.15) is 10.8 Å². The lowest BCUT2D eigenvalue weighted by atomic mass is 10.1. The van der Waals surface area contributed by atoms with Crippen LogP contribution in [0.1, 0.15) is 12.0 Å². The predicted molar refractivity (Wildman–Crippen MR) is 71.8 cm³/mol. The van der Waals surface area contributed by atoms with Gasteiger partial charge in [-0.05, 0) is 38.2 Å². The number of halogens is 1. The Morgan fingerprint density at radius 1 is 1.59 bits per heavy atom. The van der Waals surface area contributed by atoms with Crippen LogP contribution < -0.4 is 11.1 Å². The molecule has 1 saturated heterocycles. The summed E-state index contributed by atoms with van der Waals surface area (Å²) in [5, 5.41) is 3.31. The van der Waals surface area contributed by atoms with Gasteiger partial charge in [-0.1, -0.05) is 12.2 Å². The Morgan fingerprint density at radius 2 is 2.35 bits per heavy atom. The van der Waals surface area contributed by atoms with E-state index in [0.717, 1.165) is 25.2 Å². The van der Waals surface area contributed by atoms with Crippen molar-refractivity contribution in [1.29, 1.82) is 0 Å². The minimum Gasteiger partial charge on any atom is -0.389 e. The maximum atomic E-state index is 13.6. The van der Waals surface area contributed by atoms with E-state index in [1.54, 1.807) is 6.07 Å². The third kappa shape index (κ3) is 2.92. The molecule has 1 aliphatic heterocycles. The molecule has 3 N–H and O–H groups in total. The second-order valence-corrected chi connectivity index (χ2v) is 4.89. The van der Waals surface area contributed by atoms with Gasteiger partial charge in [0.15, 0.2) is 0 Å². The van der Waals surface area contributed by atoms with Crippen LogP contribution in [0.15, 0.2) is 18.2 Å². The van der Waals surface area contributed by atoms with E-state index < -0.39 is 0 Å². The van der Waals surface area contributed by atoms with Gasteiger partial charge in [-0.15, -0.1) is 0 Å². The Hall–Kier alpha value is -1.20. The van der Waals surface area contributed by atoms with E-state index in [4.69, 9.17) is 18.0 Å². The third-order valence-electron chi connectivity index (χ3n) is 3.00. The van der Waals surface area contributed by atoms with E-state index in [1.165, 1.54) is 6.07 Å². The molecule has 92 valence electrons.